The smallest absolute Gasteiger partial charge is 0.417 e. The average molecular weight is 368 g/mol. The van der Waals surface area contributed by atoms with Crippen molar-refractivity contribution in [1.82, 2.24) is 0 Å². The van der Waals surface area contributed by atoms with Crippen molar-refractivity contribution in [2.75, 3.05) is 5.32 Å². The van der Waals surface area contributed by atoms with E-state index in [0.29, 0.717) is 17.0 Å². The molecule has 0 fully saturated rings. The van der Waals surface area contributed by atoms with Gasteiger partial charge in [-0.15, -0.1) is 0 Å². The maximum Gasteiger partial charge on any atom is 0.417 e. The summed E-state index contributed by atoms with van der Waals surface area (Å²) in [7, 11) is 0. The van der Waals surface area contributed by atoms with E-state index in [1.54, 1.807) is 24.3 Å². The Morgan fingerprint density at radius 3 is 2.52 bits per heavy atom. The van der Waals surface area contributed by atoms with Crippen LogP contribution in [-0.4, -0.2) is 5.91 Å². The fourth-order valence-corrected chi connectivity index (χ4v) is 2.46. The van der Waals surface area contributed by atoms with Gasteiger partial charge < -0.3 is 9.73 Å². The van der Waals surface area contributed by atoms with Gasteiger partial charge in [-0.1, -0.05) is 29.8 Å². The number of alkyl halides is 3. The zero-order valence-corrected chi connectivity index (χ0v) is 13.1. The summed E-state index contributed by atoms with van der Waals surface area (Å²) in [6, 6.07) is 10.8. The van der Waals surface area contributed by atoms with E-state index in [1.165, 1.54) is 12.1 Å². The van der Waals surface area contributed by atoms with Gasteiger partial charge in [0.2, 0.25) is 0 Å². The first kappa shape index (κ1) is 17.0. The maximum atomic E-state index is 12.9. The molecule has 2 aromatic carbocycles. The van der Waals surface area contributed by atoms with E-state index >= 15 is 0 Å². The molecule has 1 N–H and O–H groups in total. The molecule has 0 aliphatic heterocycles. The molecule has 1 heterocycles. The van der Waals surface area contributed by atoms with Crippen molar-refractivity contribution in [2.24, 2.45) is 0 Å². The second-order valence-electron chi connectivity index (χ2n) is 5.13. The molecular formula is C17H9ClF3NO3. The van der Waals surface area contributed by atoms with Gasteiger partial charge in [0.25, 0.3) is 5.91 Å². The summed E-state index contributed by atoms with van der Waals surface area (Å²) in [4.78, 5) is 24.2. The number of hydrogen-bond acceptors (Lipinski definition) is 3. The third kappa shape index (κ3) is 3.51. The monoisotopic (exact) mass is 367 g/mol. The summed E-state index contributed by atoms with van der Waals surface area (Å²) in [5.74, 6) is -0.880. The molecular weight excluding hydrogens is 359 g/mol. The van der Waals surface area contributed by atoms with Crippen LogP contribution in [0.25, 0.3) is 11.0 Å². The first-order valence-corrected chi connectivity index (χ1v) is 7.34. The lowest BCUT2D eigenvalue weighted by Gasteiger charge is -2.11. The van der Waals surface area contributed by atoms with E-state index in [2.05, 4.69) is 5.32 Å². The van der Waals surface area contributed by atoms with Crippen molar-refractivity contribution in [1.29, 1.82) is 0 Å². The van der Waals surface area contributed by atoms with E-state index in [1.807, 2.05) is 0 Å². The summed E-state index contributed by atoms with van der Waals surface area (Å²) >= 11 is 5.53. The first-order chi connectivity index (χ1) is 11.8. The van der Waals surface area contributed by atoms with Crippen LogP contribution in [0.3, 0.4) is 0 Å². The van der Waals surface area contributed by atoms with Crippen LogP contribution in [0, 0.1) is 0 Å². The first-order valence-electron chi connectivity index (χ1n) is 6.97. The van der Waals surface area contributed by atoms with E-state index < -0.39 is 28.3 Å². The van der Waals surface area contributed by atoms with E-state index in [4.69, 9.17) is 16.0 Å². The van der Waals surface area contributed by atoms with Gasteiger partial charge in [0.05, 0.1) is 10.6 Å². The molecule has 1 amide bonds. The number of fused-ring (bicyclic) bond motifs is 1. The Morgan fingerprint density at radius 2 is 1.80 bits per heavy atom. The van der Waals surface area contributed by atoms with Crippen molar-refractivity contribution in [2.45, 2.75) is 6.18 Å². The molecule has 0 aliphatic rings. The van der Waals surface area contributed by atoms with Crippen LogP contribution in [0.2, 0.25) is 5.02 Å². The normalized spacial score (nSPS) is 11.5. The standard InChI is InChI=1S/C17H9ClF3NO3/c18-13-6-5-10(8-12(13)17(19,20)21)22-15(23)11-7-9-3-1-2-4-14(9)25-16(11)24/h1-8H,(H,22,23). The molecule has 0 unspecified atom stereocenters. The second-order valence-corrected chi connectivity index (χ2v) is 5.54. The lowest BCUT2D eigenvalue weighted by molar-refractivity contribution is -0.137. The molecule has 0 radical (unpaired) electrons. The molecule has 3 rings (SSSR count). The highest BCUT2D eigenvalue weighted by Gasteiger charge is 2.33. The van der Waals surface area contributed by atoms with Crippen LogP contribution in [0.4, 0.5) is 18.9 Å². The van der Waals surface area contributed by atoms with Gasteiger partial charge in [0.15, 0.2) is 0 Å². The maximum absolute atomic E-state index is 12.9. The van der Waals surface area contributed by atoms with Crippen LogP contribution in [0.1, 0.15) is 15.9 Å². The van der Waals surface area contributed by atoms with Crippen LogP contribution in [0.15, 0.2) is 57.7 Å². The molecule has 0 spiro atoms. The Balaban J connectivity index is 1.95. The highest BCUT2D eigenvalue weighted by molar-refractivity contribution is 6.31. The van der Waals surface area contributed by atoms with Crippen LogP contribution < -0.4 is 10.9 Å². The Kier molecular flexibility index (Phi) is 4.26. The third-order valence-electron chi connectivity index (χ3n) is 3.42. The largest absolute Gasteiger partial charge is 0.422 e. The Bertz CT molecular complexity index is 1030. The van der Waals surface area contributed by atoms with Crippen molar-refractivity contribution in [3.63, 3.8) is 0 Å². The Morgan fingerprint density at radius 1 is 1.08 bits per heavy atom. The third-order valence-corrected chi connectivity index (χ3v) is 3.75. The highest BCUT2D eigenvalue weighted by Crippen LogP contribution is 2.36. The van der Waals surface area contributed by atoms with Gasteiger partial charge in [-0.05, 0) is 30.3 Å². The minimum absolute atomic E-state index is 0.144. The molecule has 1 aromatic heterocycles. The quantitative estimate of drug-likeness (QED) is 0.667. The Labute approximate surface area is 143 Å². The van der Waals surface area contributed by atoms with E-state index in [-0.39, 0.29) is 11.3 Å². The van der Waals surface area contributed by atoms with Crippen molar-refractivity contribution >= 4 is 34.2 Å². The van der Waals surface area contributed by atoms with Crippen molar-refractivity contribution < 1.29 is 22.4 Å². The fraction of sp³-hybridized carbons (Fsp3) is 0.0588. The second kappa shape index (κ2) is 6.25. The number of hydrogen-bond donors (Lipinski definition) is 1. The van der Waals surface area contributed by atoms with Gasteiger partial charge >= 0.3 is 11.8 Å². The number of benzene rings is 2. The number of carbonyl (C=O) groups is 1. The Hall–Kier alpha value is -2.80. The molecule has 0 aliphatic carbocycles. The number of amides is 1. The number of rotatable bonds is 2. The molecule has 0 bridgehead atoms. The zero-order valence-electron chi connectivity index (χ0n) is 12.4. The van der Waals surface area contributed by atoms with Gasteiger partial charge in [-0.2, -0.15) is 13.2 Å². The summed E-state index contributed by atoms with van der Waals surface area (Å²) in [6.45, 7) is 0. The summed E-state index contributed by atoms with van der Waals surface area (Å²) < 4.78 is 43.6. The fourth-order valence-electron chi connectivity index (χ4n) is 2.24. The van der Waals surface area contributed by atoms with Crippen molar-refractivity contribution in [3.05, 3.63) is 75.1 Å². The lowest BCUT2D eigenvalue weighted by atomic mass is 10.1. The van der Waals surface area contributed by atoms with Crippen LogP contribution >= 0.6 is 11.6 Å². The number of carbonyl (C=O) groups excluding carboxylic acids is 1. The van der Waals surface area contributed by atoms with Gasteiger partial charge in [-0.3, -0.25) is 4.79 Å². The van der Waals surface area contributed by atoms with E-state index in [0.717, 1.165) is 6.07 Å². The molecule has 4 nitrogen and oxygen atoms in total. The molecule has 0 atom stereocenters. The molecule has 8 heteroatoms. The van der Waals surface area contributed by atoms with Crippen LogP contribution in [-0.2, 0) is 6.18 Å². The van der Waals surface area contributed by atoms with Crippen LogP contribution in [0.5, 0.6) is 0 Å². The SMILES string of the molecule is O=C(Nc1ccc(Cl)c(C(F)(F)F)c1)c1cc2ccccc2oc1=O. The predicted molar refractivity (Wildman–Crippen MR) is 86.9 cm³/mol. The number of nitrogens with one attached hydrogen (secondary N) is 1. The molecule has 3 aromatic rings. The van der Waals surface area contributed by atoms with Crippen molar-refractivity contribution in [3.8, 4) is 0 Å². The lowest BCUT2D eigenvalue weighted by Crippen LogP contribution is -2.21. The summed E-state index contributed by atoms with van der Waals surface area (Å²) in [5, 5.41) is 2.27. The highest BCUT2D eigenvalue weighted by atomic mass is 35.5. The van der Waals surface area contributed by atoms with Gasteiger partial charge in [0.1, 0.15) is 11.1 Å². The number of anilines is 1. The van der Waals surface area contributed by atoms with Gasteiger partial charge in [-0.25, -0.2) is 4.79 Å². The predicted octanol–water partition coefficient (Wildman–Crippen LogP) is 4.72. The molecule has 0 saturated heterocycles. The summed E-state index contributed by atoms with van der Waals surface area (Å²) in [5.41, 5.74) is -2.13. The molecule has 25 heavy (non-hydrogen) atoms. The van der Waals surface area contributed by atoms with Gasteiger partial charge in [0, 0.05) is 11.1 Å². The minimum atomic E-state index is -4.67. The number of para-hydroxylation sites is 1. The molecule has 0 saturated carbocycles. The van der Waals surface area contributed by atoms with E-state index in [9.17, 15) is 22.8 Å². The average Bonchev–Trinajstić information content (AvgIpc) is 2.54. The minimum Gasteiger partial charge on any atom is -0.422 e. The summed E-state index contributed by atoms with van der Waals surface area (Å²) in [6.07, 6.45) is -4.67. The zero-order chi connectivity index (χ0) is 18.2. The number of halogens is 4. The molecule has 128 valence electrons. The topological polar surface area (TPSA) is 59.3 Å².